The lowest BCUT2D eigenvalue weighted by molar-refractivity contribution is -0.151. The molecule has 8 nitrogen and oxygen atoms in total. The van der Waals surface area contributed by atoms with Crippen LogP contribution < -0.4 is 19.7 Å². The van der Waals surface area contributed by atoms with Crippen LogP contribution in [0.3, 0.4) is 0 Å². The van der Waals surface area contributed by atoms with Gasteiger partial charge in [0.25, 0.3) is 5.91 Å². The average molecular weight is 489 g/mol. The lowest BCUT2D eigenvalue weighted by Crippen LogP contribution is -2.28. The molecule has 0 aromatic heterocycles. The van der Waals surface area contributed by atoms with Gasteiger partial charge >= 0.3 is 5.97 Å². The van der Waals surface area contributed by atoms with E-state index in [2.05, 4.69) is 5.32 Å². The van der Waals surface area contributed by atoms with Gasteiger partial charge in [-0.3, -0.25) is 14.4 Å². The van der Waals surface area contributed by atoms with Crippen LogP contribution in [0.1, 0.15) is 17.5 Å². The van der Waals surface area contributed by atoms with Gasteiger partial charge in [-0.05, 0) is 79.6 Å². The van der Waals surface area contributed by atoms with Crippen LogP contribution in [0.15, 0.2) is 66.7 Å². The molecular weight excluding hydrogens is 460 g/mol. The Balaban J connectivity index is 1.29. The third kappa shape index (κ3) is 6.02. The van der Waals surface area contributed by atoms with E-state index >= 15 is 0 Å². The molecule has 1 saturated heterocycles. The second-order valence-corrected chi connectivity index (χ2v) is 8.65. The van der Waals surface area contributed by atoms with Crippen molar-refractivity contribution in [2.75, 3.05) is 30.5 Å². The molecule has 4 rings (SSSR count). The molecule has 36 heavy (non-hydrogen) atoms. The van der Waals surface area contributed by atoms with E-state index in [9.17, 15) is 14.4 Å². The smallest absolute Gasteiger partial charge is 0.311 e. The molecule has 0 bridgehead atoms. The van der Waals surface area contributed by atoms with Gasteiger partial charge in [0.2, 0.25) is 5.91 Å². The number of nitrogens with zero attached hydrogens (tertiary/aromatic N) is 1. The zero-order valence-corrected chi connectivity index (χ0v) is 20.4. The second kappa shape index (κ2) is 10.9. The summed E-state index contributed by atoms with van der Waals surface area (Å²) in [7, 11) is 1.60. The van der Waals surface area contributed by atoms with Crippen LogP contribution in [0.5, 0.6) is 17.2 Å². The van der Waals surface area contributed by atoms with Crippen LogP contribution in [-0.4, -0.2) is 38.0 Å². The number of ether oxygens (including phenoxy) is 3. The number of esters is 1. The van der Waals surface area contributed by atoms with Gasteiger partial charge in [-0.15, -0.1) is 0 Å². The van der Waals surface area contributed by atoms with Crippen molar-refractivity contribution < 1.29 is 28.6 Å². The van der Waals surface area contributed by atoms with E-state index in [1.807, 2.05) is 32.0 Å². The summed E-state index contributed by atoms with van der Waals surface area (Å²) in [5.41, 5.74) is 3.26. The summed E-state index contributed by atoms with van der Waals surface area (Å²) in [6.45, 7) is 3.60. The first-order valence-corrected chi connectivity index (χ1v) is 11.6. The molecule has 0 saturated carbocycles. The predicted octanol–water partition coefficient (Wildman–Crippen LogP) is 4.64. The minimum Gasteiger partial charge on any atom is -0.497 e. The highest BCUT2D eigenvalue weighted by atomic mass is 16.5. The molecule has 0 radical (unpaired) electrons. The third-order valence-corrected chi connectivity index (χ3v) is 5.91. The lowest BCUT2D eigenvalue weighted by Gasteiger charge is -2.17. The molecule has 1 N–H and O–H groups in total. The largest absolute Gasteiger partial charge is 0.497 e. The maximum Gasteiger partial charge on any atom is 0.311 e. The molecule has 1 heterocycles. The van der Waals surface area contributed by atoms with E-state index in [-0.39, 0.29) is 18.9 Å². The molecule has 1 atom stereocenters. The van der Waals surface area contributed by atoms with Gasteiger partial charge in [-0.2, -0.15) is 0 Å². The van der Waals surface area contributed by atoms with E-state index in [1.54, 1.807) is 60.5 Å². The van der Waals surface area contributed by atoms with E-state index in [0.717, 1.165) is 16.9 Å². The highest BCUT2D eigenvalue weighted by Crippen LogP contribution is 2.29. The van der Waals surface area contributed by atoms with Crippen molar-refractivity contribution in [3.8, 4) is 17.2 Å². The Bertz CT molecular complexity index is 1250. The number of anilines is 2. The zero-order valence-electron chi connectivity index (χ0n) is 20.4. The van der Waals surface area contributed by atoms with Gasteiger partial charge in [0, 0.05) is 24.3 Å². The van der Waals surface area contributed by atoms with Crippen molar-refractivity contribution in [1.82, 2.24) is 0 Å². The van der Waals surface area contributed by atoms with Crippen molar-refractivity contribution in [2.45, 2.75) is 20.3 Å². The Kier molecular flexibility index (Phi) is 7.53. The molecule has 8 heteroatoms. The molecule has 0 spiro atoms. The lowest BCUT2D eigenvalue weighted by atomic mass is 10.1. The van der Waals surface area contributed by atoms with Crippen LogP contribution in [0.4, 0.5) is 11.4 Å². The van der Waals surface area contributed by atoms with Crippen molar-refractivity contribution in [1.29, 1.82) is 0 Å². The maximum absolute atomic E-state index is 12.6. The summed E-state index contributed by atoms with van der Waals surface area (Å²) in [6.07, 6.45) is 0.0293. The van der Waals surface area contributed by atoms with E-state index in [0.29, 0.717) is 22.9 Å². The first kappa shape index (κ1) is 24.8. The molecule has 1 aliphatic rings. The molecule has 1 unspecified atom stereocenters. The topological polar surface area (TPSA) is 94.2 Å². The summed E-state index contributed by atoms with van der Waals surface area (Å²) in [5.74, 6) is 0.195. The summed E-state index contributed by atoms with van der Waals surface area (Å²) in [5, 5.41) is 2.76. The van der Waals surface area contributed by atoms with Gasteiger partial charge < -0.3 is 24.4 Å². The van der Waals surface area contributed by atoms with Crippen molar-refractivity contribution in [2.24, 2.45) is 5.92 Å². The average Bonchev–Trinajstić information content (AvgIpc) is 3.27. The molecule has 186 valence electrons. The number of nitrogens with one attached hydrogen (secondary N) is 1. The first-order valence-electron chi connectivity index (χ1n) is 11.6. The number of carbonyl (C=O) groups excluding carboxylic acids is 3. The molecule has 1 fully saturated rings. The summed E-state index contributed by atoms with van der Waals surface area (Å²) >= 11 is 0. The Hall–Kier alpha value is -4.33. The SMILES string of the molecule is COc1ccc(Oc2ccc(N3CC(C(=O)OCC(=O)Nc4cc(C)ccc4C)CC3=O)cc2)cc1. The molecule has 1 aliphatic heterocycles. The van der Waals surface area contributed by atoms with E-state index < -0.39 is 24.4 Å². The Labute approximate surface area is 209 Å². The van der Waals surface area contributed by atoms with Gasteiger partial charge in [-0.1, -0.05) is 12.1 Å². The minimum absolute atomic E-state index is 0.0293. The van der Waals surface area contributed by atoms with Gasteiger partial charge in [0.15, 0.2) is 6.61 Å². The van der Waals surface area contributed by atoms with Crippen molar-refractivity contribution in [3.63, 3.8) is 0 Å². The van der Waals surface area contributed by atoms with Crippen LogP contribution >= 0.6 is 0 Å². The number of hydrogen-bond acceptors (Lipinski definition) is 6. The van der Waals surface area contributed by atoms with E-state index in [4.69, 9.17) is 14.2 Å². The van der Waals surface area contributed by atoms with Crippen LogP contribution in [0.25, 0.3) is 0 Å². The Morgan fingerprint density at radius 3 is 2.25 bits per heavy atom. The fourth-order valence-electron chi connectivity index (χ4n) is 3.90. The molecular formula is C28H28N2O6. The normalized spacial score (nSPS) is 14.9. The molecule has 3 aromatic carbocycles. The Morgan fingerprint density at radius 2 is 1.58 bits per heavy atom. The maximum atomic E-state index is 12.6. The monoisotopic (exact) mass is 488 g/mol. The van der Waals surface area contributed by atoms with Crippen LogP contribution in [-0.2, 0) is 19.1 Å². The highest BCUT2D eigenvalue weighted by Gasteiger charge is 2.36. The number of methoxy groups -OCH3 is 1. The van der Waals surface area contributed by atoms with Crippen molar-refractivity contribution in [3.05, 3.63) is 77.9 Å². The number of hydrogen-bond donors (Lipinski definition) is 1. The van der Waals surface area contributed by atoms with Crippen molar-refractivity contribution >= 4 is 29.2 Å². The summed E-state index contributed by atoms with van der Waals surface area (Å²) in [6, 6.07) is 20.0. The molecule has 3 aromatic rings. The second-order valence-electron chi connectivity index (χ2n) is 8.65. The van der Waals surface area contributed by atoms with E-state index in [1.165, 1.54) is 0 Å². The predicted molar refractivity (Wildman–Crippen MR) is 135 cm³/mol. The molecule has 0 aliphatic carbocycles. The standard InChI is InChI=1S/C28H28N2O6/c1-18-4-5-19(2)25(14-18)29-26(31)17-35-28(33)20-15-27(32)30(16-20)21-6-8-23(9-7-21)36-24-12-10-22(34-3)11-13-24/h4-14,20H,15-17H2,1-3H3,(H,29,31). The van der Waals surface area contributed by atoms with Crippen LogP contribution in [0, 0.1) is 19.8 Å². The third-order valence-electron chi connectivity index (χ3n) is 5.91. The van der Waals surface area contributed by atoms with Gasteiger partial charge in [-0.25, -0.2) is 0 Å². The fourth-order valence-corrected chi connectivity index (χ4v) is 3.90. The van der Waals surface area contributed by atoms with Crippen LogP contribution in [0.2, 0.25) is 0 Å². The zero-order chi connectivity index (χ0) is 25.7. The summed E-state index contributed by atoms with van der Waals surface area (Å²) < 4.78 is 16.2. The summed E-state index contributed by atoms with van der Waals surface area (Å²) in [4.78, 5) is 38.9. The van der Waals surface area contributed by atoms with Gasteiger partial charge in [0.1, 0.15) is 17.2 Å². The number of carbonyl (C=O) groups is 3. The number of aryl methyl sites for hydroxylation is 2. The molecule has 2 amide bonds. The quantitative estimate of drug-likeness (QED) is 0.465. The highest BCUT2D eigenvalue weighted by molar-refractivity contribution is 6.00. The number of benzene rings is 3. The fraction of sp³-hybridized carbons (Fsp3) is 0.250. The Morgan fingerprint density at radius 1 is 0.944 bits per heavy atom. The number of rotatable bonds is 8. The minimum atomic E-state index is -0.638. The number of amides is 2. The van der Waals surface area contributed by atoms with Gasteiger partial charge in [0.05, 0.1) is 13.0 Å². The first-order chi connectivity index (χ1) is 17.3.